The van der Waals surface area contributed by atoms with E-state index in [0.29, 0.717) is 16.5 Å². The van der Waals surface area contributed by atoms with Crippen LogP contribution in [0.5, 0.6) is 5.75 Å². The van der Waals surface area contributed by atoms with Crippen LogP contribution < -0.4 is 10.1 Å². The topological polar surface area (TPSA) is 56.1 Å². The van der Waals surface area contributed by atoms with E-state index in [1.165, 1.54) is 4.68 Å². The Bertz CT molecular complexity index is 622. The lowest BCUT2D eigenvalue weighted by atomic mass is 10.2. The van der Waals surface area contributed by atoms with Crippen molar-refractivity contribution >= 4 is 23.2 Å². The number of carbonyl (C=O) groups is 1. The molecule has 100 valence electrons. The minimum Gasteiger partial charge on any atom is -0.495 e. The number of rotatable bonds is 3. The van der Waals surface area contributed by atoms with Crippen molar-refractivity contribution in [3.63, 3.8) is 0 Å². The summed E-state index contributed by atoms with van der Waals surface area (Å²) in [6.45, 7) is 1.93. The fourth-order valence-corrected chi connectivity index (χ4v) is 1.98. The average Bonchev–Trinajstić information content (AvgIpc) is 2.69. The number of halogens is 1. The van der Waals surface area contributed by atoms with Gasteiger partial charge in [-0.15, -0.1) is 0 Å². The van der Waals surface area contributed by atoms with Gasteiger partial charge in [0.1, 0.15) is 5.75 Å². The van der Waals surface area contributed by atoms with Crippen LogP contribution in [0.2, 0.25) is 5.02 Å². The molecular formula is C13H14ClN3O2. The van der Waals surface area contributed by atoms with E-state index in [1.54, 1.807) is 26.4 Å². The zero-order valence-electron chi connectivity index (χ0n) is 10.9. The van der Waals surface area contributed by atoms with Crippen LogP contribution in [0.3, 0.4) is 0 Å². The summed E-state index contributed by atoms with van der Waals surface area (Å²) >= 11 is 5.94. The first kappa shape index (κ1) is 13.4. The van der Waals surface area contributed by atoms with Gasteiger partial charge in [-0.05, 0) is 24.6 Å². The van der Waals surface area contributed by atoms with Crippen molar-refractivity contribution in [2.75, 3.05) is 12.4 Å². The van der Waals surface area contributed by atoms with Gasteiger partial charge in [-0.1, -0.05) is 17.7 Å². The van der Waals surface area contributed by atoms with Crippen molar-refractivity contribution in [1.29, 1.82) is 0 Å². The number of ether oxygens (including phenoxy) is 1. The Balaban J connectivity index is 2.28. The maximum absolute atomic E-state index is 12.1. The quantitative estimate of drug-likeness (QED) is 0.940. The second-order valence-electron chi connectivity index (χ2n) is 4.16. The second-order valence-corrected chi connectivity index (χ2v) is 4.56. The third kappa shape index (κ3) is 2.88. The lowest BCUT2D eigenvalue weighted by Gasteiger charge is -2.10. The smallest absolute Gasteiger partial charge is 0.277 e. The van der Waals surface area contributed by atoms with E-state index in [1.807, 2.05) is 19.1 Å². The first-order chi connectivity index (χ1) is 9.01. The Labute approximate surface area is 116 Å². The van der Waals surface area contributed by atoms with Crippen molar-refractivity contribution in [2.24, 2.45) is 7.05 Å². The molecule has 1 aromatic carbocycles. The first-order valence-electron chi connectivity index (χ1n) is 5.66. The Morgan fingerprint density at radius 1 is 1.47 bits per heavy atom. The van der Waals surface area contributed by atoms with E-state index in [-0.39, 0.29) is 11.6 Å². The van der Waals surface area contributed by atoms with Crippen molar-refractivity contribution in [3.8, 4) is 5.75 Å². The number of nitrogens with one attached hydrogen (secondary N) is 1. The number of amides is 1. The molecule has 0 bridgehead atoms. The Hall–Kier alpha value is -2.01. The van der Waals surface area contributed by atoms with Crippen LogP contribution in [0.4, 0.5) is 5.69 Å². The van der Waals surface area contributed by atoms with Crippen molar-refractivity contribution in [3.05, 3.63) is 40.7 Å². The molecule has 1 heterocycles. The third-order valence-electron chi connectivity index (χ3n) is 2.60. The second kappa shape index (κ2) is 5.32. The highest BCUT2D eigenvalue weighted by Gasteiger charge is 2.16. The molecule has 2 aromatic rings. The molecule has 2 rings (SSSR count). The molecular weight excluding hydrogens is 266 g/mol. The lowest BCUT2D eigenvalue weighted by Crippen LogP contribution is -2.14. The molecule has 0 unspecified atom stereocenters. The number of methoxy groups -OCH3 is 1. The van der Waals surface area contributed by atoms with Gasteiger partial charge in [-0.25, -0.2) is 0 Å². The third-order valence-corrected chi connectivity index (χ3v) is 2.88. The summed E-state index contributed by atoms with van der Waals surface area (Å²) in [6.07, 6.45) is 1.57. The standard InChI is InChI=1S/C13H14ClN3O2/c1-8-4-5-11(19-3)10(6-8)15-13(18)12-9(14)7-17(2)16-12/h4-7H,1-3H3,(H,15,18). The number of nitrogens with zero attached hydrogens (tertiary/aromatic N) is 2. The summed E-state index contributed by atoms with van der Waals surface area (Å²) in [4.78, 5) is 12.1. The molecule has 0 atom stereocenters. The molecule has 0 spiro atoms. The fourth-order valence-electron chi connectivity index (χ4n) is 1.71. The summed E-state index contributed by atoms with van der Waals surface area (Å²) in [6, 6.07) is 5.53. The number of aryl methyl sites for hydroxylation is 2. The highest BCUT2D eigenvalue weighted by atomic mass is 35.5. The highest BCUT2D eigenvalue weighted by Crippen LogP contribution is 2.26. The van der Waals surface area contributed by atoms with E-state index in [4.69, 9.17) is 16.3 Å². The van der Waals surface area contributed by atoms with Gasteiger partial charge in [0, 0.05) is 13.2 Å². The normalized spacial score (nSPS) is 10.3. The molecule has 0 aliphatic rings. The van der Waals surface area contributed by atoms with Crippen LogP contribution in [0, 0.1) is 6.92 Å². The predicted molar refractivity (Wildman–Crippen MR) is 73.9 cm³/mol. The average molecular weight is 280 g/mol. The SMILES string of the molecule is COc1ccc(C)cc1NC(=O)c1nn(C)cc1Cl. The molecule has 1 amide bonds. The van der Waals surface area contributed by atoms with Gasteiger partial charge in [0.05, 0.1) is 17.8 Å². The number of hydrogen-bond donors (Lipinski definition) is 1. The number of carbonyl (C=O) groups excluding carboxylic acids is 1. The van der Waals surface area contributed by atoms with Crippen LogP contribution in [0.15, 0.2) is 24.4 Å². The minimum absolute atomic E-state index is 0.188. The summed E-state index contributed by atoms with van der Waals surface area (Å²) in [5, 5.41) is 7.08. The predicted octanol–water partition coefficient (Wildman–Crippen LogP) is 2.64. The summed E-state index contributed by atoms with van der Waals surface area (Å²) < 4.78 is 6.69. The van der Waals surface area contributed by atoms with Gasteiger partial charge in [0.2, 0.25) is 0 Å². The summed E-state index contributed by atoms with van der Waals surface area (Å²) in [5.74, 6) is 0.223. The minimum atomic E-state index is -0.366. The summed E-state index contributed by atoms with van der Waals surface area (Å²) in [7, 11) is 3.25. The van der Waals surface area contributed by atoms with E-state index < -0.39 is 0 Å². The van der Waals surface area contributed by atoms with Gasteiger partial charge in [-0.2, -0.15) is 5.10 Å². The molecule has 0 saturated heterocycles. The van der Waals surface area contributed by atoms with E-state index >= 15 is 0 Å². The monoisotopic (exact) mass is 279 g/mol. The van der Waals surface area contributed by atoms with E-state index in [2.05, 4.69) is 10.4 Å². The molecule has 19 heavy (non-hydrogen) atoms. The van der Waals surface area contributed by atoms with Gasteiger partial charge < -0.3 is 10.1 Å². The van der Waals surface area contributed by atoms with Crippen LogP contribution in [-0.2, 0) is 7.05 Å². The molecule has 0 aliphatic carbocycles. The number of benzene rings is 1. The highest BCUT2D eigenvalue weighted by molar-refractivity contribution is 6.34. The summed E-state index contributed by atoms with van der Waals surface area (Å²) in [5.41, 5.74) is 1.80. The molecule has 6 heteroatoms. The zero-order chi connectivity index (χ0) is 14.0. The van der Waals surface area contributed by atoms with E-state index in [0.717, 1.165) is 5.56 Å². The van der Waals surface area contributed by atoms with Crippen LogP contribution in [0.25, 0.3) is 0 Å². The molecule has 0 aliphatic heterocycles. The Kier molecular flexibility index (Phi) is 3.76. The van der Waals surface area contributed by atoms with Gasteiger partial charge >= 0.3 is 0 Å². The number of hydrogen-bond acceptors (Lipinski definition) is 3. The van der Waals surface area contributed by atoms with Crippen LogP contribution in [0.1, 0.15) is 16.1 Å². The van der Waals surface area contributed by atoms with Crippen molar-refractivity contribution in [2.45, 2.75) is 6.92 Å². The van der Waals surface area contributed by atoms with Gasteiger partial charge in [-0.3, -0.25) is 9.48 Å². The Morgan fingerprint density at radius 2 is 2.21 bits per heavy atom. The van der Waals surface area contributed by atoms with Crippen molar-refractivity contribution in [1.82, 2.24) is 9.78 Å². The van der Waals surface area contributed by atoms with E-state index in [9.17, 15) is 4.79 Å². The maximum atomic E-state index is 12.1. The van der Waals surface area contributed by atoms with Crippen molar-refractivity contribution < 1.29 is 9.53 Å². The van der Waals surface area contributed by atoms with Gasteiger partial charge in [0.15, 0.2) is 5.69 Å². The largest absolute Gasteiger partial charge is 0.495 e. The molecule has 0 radical (unpaired) electrons. The number of aromatic nitrogens is 2. The Morgan fingerprint density at radius 3 is 2.79 bits per heavy atom. The van der Waals surface area contributed by atoms with Crippen LogP contribution >= 0.6 is 11.6 Å². The first-order valence-corrected chi connectivity index (χ1v) is 6.04. The molecule has 1 aromatic heterocycles. The zero-order valence-corrected chi connectivity index (χ0v) is 11.7. The molecule has 0 saturated carbocycles. The molecule has 1 N–H and O–H groups in total. The molecule has 5 nitrogen and oxygen atoms in total. The number of anilines is 1. The fraction of sp³-hybridized carbons (Fsp3) is 0.231. The lowest BCUT2D eigenvalue weighted by molar-refractivity contribution is 0.102. The maximum Gasteiger partial charge on any atom is 0.277 e. The van der Waals surface area contributed by atoms with Gasteiger partial charge in [0.25, 0.3) is 5.91 Å². The molecule has 0 fully saturated rings. The van der Waals surface area contributed by atoms with Crippen LogP contribution in [-0.4, -0.2) is 22.8 Å².